The molecular weight excluding hydrogens is 358 g/mol. The van der Waals surface area contributed by atoms with E-state index in [-0.39, 0.29) is 5.76 Å². The van der Waals surface area contributed by atoms with Gasteiger partial charge in [0.1, 0.15) is 17.6 Å². The molecule has 0 spiro atoms. The summed E-state index contributed by atoms with van der Waals surface area (Å²) >= 11 is 3.31. The van der Waals surface area contributed by atoms with Crippen LogP contribution in [0.1, 0.15) is 22.2 Å². The van der Waals surface area contributed by atoms with Crippen LogP contribution in [0.2, 0.25) is 0 Å². The molecule has 4 nitrogen and oxygen atoms in total. The number of nitriles is 1. The summed E-state index contributed by atoms with van der Waals surface area (Å²) in [5, 5.41) is 20.5. The summed E-state index contributed by atoms with van der Waals surface area (Å²) in [5.41, 5.74) is 1.07. The second-order valence-electron chi connectivity index (χ2n) is 5.12. The lowest BCUT2D eigenvalue weighted by Gasteiger charge is -2.15. The van der Waals surface area contributed by atoms with Gasteiger partial charge in [-0.05, 0) is 29.8 Å². The van der Waals surface area contributed by atoms with E-state index in [9.17, 15) is 15.2 Å². The number of carbonyl (C=O) groups excluding carboxylic acids is 1. The molecule has 1 N–H and O–H groups in total. The van der Waals surface area contributed by atoms with Gasteiger partial charge in [-0.1, -0.05) is 46.3 Å². The third kappa shape index (κ3) is 3.04. The Labute approximate surface area is 141 Å². The minimum Gasteiger partial charge on any atom is -0.453 e. The van der Waals surface area contributed by atoms with Crippen molar-refractivity contribution in [2.75, 3.05) is 0 Å². The average Bonchev–Trinajstić information content (AvgIpc) is 2.99. The molecule has 0 saturated heterocycles. The lowest BCUT2D eigenvalue weighted by Crippen LogP contribution is -2.20. The van der Waals surface area contributed by atoms with Gasteiger partial charge in [-0.15, -0.1) is 0 Å². The first-order valence-corrected chi connectivity index (χ1v) is 7.75. The van der Waals surface area contributed by atoms with Crippen molar-refractivity contribution in [2.24, 2.45) is 5.92 Å². The van der Waals surface area contributed by atoms with E-state index < -0.39 is 17.8 Å². The summed E-state index contributed by atoms with van der Waals surface area (Å²) in [7, 11) is 0. The van der Waals surface area contributed by atoms with Gasteiger partial charge in [0, 0.05) is 9.86 Å². The first-order chi connectivity index (χ1) is 11.1. The summed E-state index contributed by atoms with van der Waals surface area (Å²) in [6, 6.07) is 17.6. The van der Waals surface area contributed by atoms with Gasteiger partial charge in [-0.2, -0.15) is 5.26 Å². The second kappa shape index (κ2) is 6.37. The molecule has 0 radical (unpaired) electrons. The van der Waals surface area contributed by atoms with Gasteiger partial charge in [0.15, 0.2) is 5.76 Å². The van der Waals surface area contributed by atoms with Crippen molar-refractivity contribution in [2.45, 2.75) is 6.10 Å². The Hall–Kier alpha value is -2.42. The number of rotatable bonds is 4. The smallest absolute Gasteiger partial charge is 0.218 e. The van der Waals surface area contributed by atoms with Gasteiger partial charge in [0.2, 0.25) is 5.78 Å². The van der Waals surface area contributed by atoms with Crippen LogP contribution in [0.25, 0.3) is 11.0 Å². The average molecular weight is 370 g/mol. The standard InChI is InChI=1S/C18H12BrNO3/c19-13-6-3-5-12(8-13)17(21)14(10-20)18(22)16-9-11-4-1-2-7-15(11)23-16/h1-9,14,17,21H. The molecule has 5 heteroatoms. The molecule has 0 bridgehead atoms. The third-order valence-electron chi connectivity index (χ3n) is 3.60. The van der Waals surface area contributed by atoms with Gasteiger partial charge >= 0.3 is 0 Å². The minimum atomic E-state index is -1.23. The molecule has 2 aromatic carbocycles. The third-order valence-corrected chi connectivity index (χ3v) is 4.09. The zero-order chi connectivity index (χ0) is 16.4. The second-order valence-corrected chi connectivity index (χ2v) is 6.04. The fraction of sp³-hybridized carbons (Fsp3) is 0.111. The van der Waals surface area contributed by atoms with Gasteiger partial charge in [0.25, 0.3) is 0 Å². The number of para-hydroxylation sites is 1. The van der Waals surface area contributed by atoms with Crippen molar-refractivity contribution in [1.29, 1.82) is 5.26 Å². The molecule has 23 heavy (non-hydrogen) atoms. The Morgan fingerprint density at radius 3 is 2.65 bits per heavy atom. The number of aliphatic hydroxyl groups excluding tert-OH is 1. The van der Waals surface area contributed by atoms with Crippen LogP contribution < -0.4 is 0 Å². The largest absolute Gasteiger partial charge is 0.453 e. The number of fused-ring (bicyclic) bond motifs is 1. The number of nitrogens with zero attached hydrogens (tertiary/aromatic N) is 1. The highest BCUT2D eigenvalue weighted by atomic mass is 79.9. The Morgan fingerprint density at radius 1 is 1.17 bits per heavy atom. The van der Waals surface area contributed by atoms with Crippen LogP contribution in [0.4, 0.5) is 0 Å². The summed E-state index contributed by atoms with van der Waals surface area (Å²) in [6.07, 6.45) is -1.22. The molecule has 0 aliphatic rings. The van der Waals surface area contributed by atoms with E-state index in [4.69, 9.17) is 4.42 Å². The van der Waals surface area contributed by atoms with E-state index in [1.807, 2.05) is 18.2 Å². The number of carbonyl (C=O) groups is 1. The molecule has 0 aliphatic carbocycles. The Bertz CT molecular complexity index is 877. The number of furan rings is 1. The highest BCUT2D eigenvalue weighted by molar-refractivity contribution is 9.10. The number of aliphatic hydroxyl groups is 1. The maximum atomic E-state index is 12.6. The van der Waals surface area contributed by atoms with E-state index >= 15 is 0 Å². The van der Waals surface area contributed by atoms with E-state index in [1.165, 1.54) is 0 Å². The fourth-order valence-corrected chi connectivity index (χ4v) is 2.83. The number of benzene rings is 2. The van der Waals surface area contributed by atoms with E-state index in [0.717, 1.165) is 9.86 Å². The zero-order valence-corrected chi connectivity index (χ0v) is 13.5. The summed E-state index contributed by atoms with van der Waals surface area (Å²) < 4.78 is 6.27. The topological polar surface area (TPSA) is 74.2 Å². The van der Waals surface area contributed by atoms with Gasteiger partial charge in [-0.25, -0.2) is 0 Å². The number of ketones is 1. The van der Waals surface area contributed by atoms with Crippen LogP contribution in [0.5, 0.6) is 0 Å². The lowest BCUT2D eigenvalue weighted by molar-refractivity contribution is 0.0751. The lowest BCUT2D eigenvalue weighted by atomic mass is 9.92. The molecule has 3 rings (SSSR count). The van der Waals surface area contributed by atoms with Crippen molar-refractivity contribution < 1.29 is 14.3 Å². The monoisotopic (exact) mass is 369 g/mol. The summed E-state index contributed by atoms with van der Waals surface area (Å²) in [4.78, 5) is 12.6. The van der Waals surface area contributed by atoms with Crippen molar-refractivity contribution in [3.63, 3.8) is 0 Å². The Balaban J connectivity index is 1.93. The first kappa shape index (κ1) is 15.5. The number of halogens is 1. The molecule has 0 amide bonds. The van der Waals surface area contributed by atoms with E-state index in [1.54, 1.807) is 42.5 Å². The zero-order valence-electron chi connectivity index (χ0n) is 11.9. The molecular formula is C18H12BrNO3. The van der Waals surface area contributed by atoms with Crippen molar-refractivity contribution in [1.82, 2.24) is 0 Å². The van der Waals surface area contributed by atoms with E-state index in [2.05, 4.69) is 15.9 Å². The van der Waals surface area contributed by atoms with E-state index in [0.29, 0.717) is 11.1 Å². The molecule has 3 aromatic rings. The van der Waals surface area contributed by atoms with Crippen LogP contribution in [-0.2, 0) is 0 Å². The van der Waals surface area contributed by atoms with Crippen LogP contribution in [0.15, 0.2) is 63.5 Å². The molecule has 0 aliphatic heterocycles. The molecule has 2 atom stereocenters. The van der Waals surface area contributed by atoms with Crippen molar-refractivity contribution in [3.05, 3.63) is 70.4 Å². The SMILES string of the molecule is N#CC(C(=O)c1cc2ccccc2o1)C(O)c1cccc(Br)c1. The predicted molar refractivity (Wildman–Crippen MR) is 88.7 cm³/mol. The van der Waals surface area contributed by atoms with Crippen LogP contribution in [-0.4, -0.2) is 10.9 Å². The highest BCUT2D eigenvalue weighted by Crippen LogP contribution is 2.29. The summed E-state index contributed by atoms with van der Waals surface area (Å²) in [6.45, 7) is 0. The number of hydrogen-bond acceptors (Lipinski definition) is 4. The normalized spacial score (nSPS) is 13.4. The minimum absolute atomic E-state index is 0.0757. The number of Topliss-reactive ketones (excluding diaryl/α,β-unsaturated/α-hetero) is 1. The Morgan fingerprint density at radius 2 is 1.96 bits per heavy atom. The molecule has 0 saturated carbocycles. The fourth-order valence-electron chi connectivity index (χ4n) is 2.41. The van der Waals surface area contributed by atoms with Crippen LogP contribution in [0, 0.1) is 17.2 Å². The van der Waals surface area contributed by atoms with Gasteiger partial charge in [-0.3, -0.25) is 4.79 Å². The molecule has 1 heterocycles. The molecule has 1 aromatic heterocycles. The quantitative estimate of drug-likeness (QED) is 0.697. The number of hydrogen-bond donors (Lipinski definition) is 1. The summed E-state index contributed by atoms with van der Waals surface area (Å²) in [5.74, 6) is -1.69. The predicted octanol–water partition coefficient (Wildman–Crippen LogP) is 4.25. The van der Waals surface area contributed by atoms with Crippen molar-refractivity contribution in [3.8, 4) is 6.07 Å². The maximum Gasteiger partial charge on any atom is 0.218 e. The van der Waals surface area contributed by atoms with Gasteiger partial charge < -0.3 is 9.52 Å². The Kier molecular flexibility index (Phi) is 4.28. The molecule has 2 unspecified atom stereocenters. The highest BCUT2D eigenvalue weighted by Gasteiger charge is 2.31. The van der Waals surface area contributed by atoms with Gasteiger partial charge in [0.05, 0.1) is 6.07 Å². The van der Waals surface area contributed by atoms with Crippen molar-refractivity contribution >= 4 is 32.7 Å². The first-order valence-electron chi connectivity index (χ1n) is 6.96. The molecule has 0 fully saturated rings. The van der Waals surface area contributed by atoms with Crippen LogP contribution in [0.3, 0.4) is 0 Å². The maximum absolute atomic E-state index is 12.6. The van der Waals surface area contributed by atoms with Crippen LogP contribution >= 0.6 is 15.9 Å². The molecule has 114 valence electrons.